The molecule has 0 aliphatic carbocycles. The lowest BCUT2D eigenvalue weighted by Crippen LogP contribution is -2.30. The highest BCUT2D eigenvalue weighted by Gasteiger charge is 2.19. The molecule has 0 bridgehead atoms. The molecule has 1 unspecified atom stereocenters. The maximum atomic E-state index is 12.8. The van der Waals surface area contributed by atoms with Gasteiger partial charge in [0.2, 0.25) is 0 Å². The molecule has 66 heavy (non-hydrogen) atoms. The Hall–Kier alpha value is -4.97. The highest BCUT2D eigenvalue weighted by molar-refractivity contribution is 5.71. The van der Waals surface area contributed by atoms with E-state index in [-0.39, 0.29) is 44.0 Å². The number of ether oxygens (including phenoxy) is 3. The van der Waals surface area contributed by atoms with Crippen LogP contribution in [0, 0.1) is 0 Å². The van der Waals surface area contributed by atoms with Crippen molar-refractivity contribution in [1.82, 2.24) is 0 Å². The third kappa shape index (κ3) is 50.0. The summed E-state index contributed by atoms with van der Waals surface area (Å²) in [4.78, 5) is 38.0. The Morgan fingerprint density at radius 2 is 0.652 bits per heavy atom. The van der Waals surface area contributed by atoms with Crippen LogP contribution in [0.3, 0.4) is 0 Å². The van der Waals surface area contributed by atoms with Crippen LogP contribution in [0.1, 0.15) is 181 Å². The lowest BCUT2D eigenvalue weighted by atomic mass is 10.1. The first-order valence-electron chi connectivity index (χ1n) is 25.6. The Bertz CT molecular complexity index is 1560. The molecule has 366 valence electrons. The maximum Gasteiger partial charge on any atom is 0.306 e. The van der Waals surface area contributed by atoms with Gasteiger partial charge < -0.3 is 14.2 Å². The molecular formula is C60H90O6. The number of hydrogen-bond acceptors (Lipinski definition) is 6. The second-order valence-corrected chi connectivity index (χ2v) is 16.2. The first kappa shape index (κ1) is 61.0. The number of esters is 3. The second kappa shape index (κ2) is 52.7. The summed E-state index contributed by atoms with van der Waals surface area (Å²) < 4.78 is 16.7. The summed E-state index contributed by atoms with van der Waals surface area (Å²) in [5, 5.41) is 0. The summed E-state index contributed by atoms with van der Waals surface area (Å²) in [5.74, 6) is -1.03. The van der Waals surface area contributed by atoms with Crippen LogP contribution < -0.4 is 0 Å². The van der Waals surface area contributed by atoms with Crippen molar-refractivity contribution in [3.8, 4) is 0 Å². The molecule has 0 fully saturated rings. The van der Waals surface area contributed by atoms with Crippen molar-refractivity contribution >= 4 is 17.9 Å². The van der Waals surface area contributed by atoms with Crippen LogP contribution in [-0.2, 0) is 28.6 Å². The third-order valence-corrected chi connectivity index (χ3v) is 9.95. The number of carbonyl (C=O) groups excluding carboxylic acids is 3. The molecule has 6 heteroatoms. The zero-order valence-electron chi connectivity index (χ0n) is 41.6. The van der Waals surface area contributed by atoms with Crippen LogP contribution in [-0.4, -0.2) is 37.2 Å². The molecule has 0 aliphatic heterocycles. The summed E-state index contributed by atoms with van der Waals surface area (Å²) >= 11 is 0. The Kier molecular flexibility index (Phi) is 48.7. The van der Waals surface area contributed by atoms with E-state index >= 15 is 0 Å². The van der Waals surface area contributed by atoms with Gasteiger partial charge in [0.15, 0.2) is 6.10 Å². The van der Waals surface area contributed by atoms with Crippen molar-refractivity contribution in [3.63, 3.8) is 0 Å². The minimum atomic E-state index is -0.826. The molecule has 0 aromatic rings. The van der Waals surface area contributed by atoms with Gasteiger partial charge in [0, 0.05) is 19.3 Å². The number of allylic oxidation sites excluding steroid dienone is 26. The van der Waals surface area contributed by atoms with Crippen molar-refractivity contribution in [2.75, 3.05) is 13.2 Å². The molecule has 0 amide bonds. The van der Waals surface area contributed by atoms with E-state index < -0.39 is 6.10 Å². The Balaban J connectivity index is 4.58. The van der Waals surface area contributed by atoms with E-state index in [9.17, 15) is 14.4 Å². The highest BCUT2D eigenvalue weighted by atomic mass is 16.6. The fraction of sp³-hybridized carbons (Fsp3) is 0.517. The second-order valence-electron chi connectivity index (χ2n) is 16.2. The van der Waals surface area contributed by atoms with E-state index in [0.717, 1.165) is 122 Å². The lowest BCUT2D eigenvalue weighted by Gasteiger charge is -2.18. The highest BCUT2D eigenvalue weighted by Crippen LogP contribution is 2.12. The van der Waals surface area contributed by atoms with E-state index in [1.807, 2.05) is 72.9 Å². The van der Waals surface area contributed by atoms with Crippen molar-refractivity contribution in [3.05, 3.63) is 158 Å². The predicted molar refractivity (Wildman–Crippen MR) is 283 cm³/mol. The smallest absolute Gasteiger partial charge is 0.306 e. The molecule has 0 saturated heterocycles. The van der Waals surface area contributed by atoms with E-state index in [1.165, 1.54) is 12.8 Å². The molecular weight excluding hydrogens is 817 g/mol. The predicted octanol–water partition coefficient (Wildman–Crippen LogP) is 17.0. The minimum absolute atomic E-state index is 0.123. The van der Waals surface area contributed by atoms with Gasteiger partial charge in [-0.05, 0) is 89.9 Å². The Morgan fingerprint density at radius 1 is 0.333 bits per heavy atom. The van der Waals surface area contributed by atoms with Gasteiger partial charge in [-0.25, -0.2) is 0 Å². The molecule has 6 nitrogen and oxygen atoms in total. The summed E-state index contributed by atoms with van der Waals surface area (Å²) in [7, 11) is 0. The van der Waals surface area contributed by atoms with Crippen LogP contribution in [0.15, 0.2) is 158 Å². The van der Waals surface area contributed by atoms with E-state index in [4.69, 9.17) is 14.2 Å². The molecule has 0 aromatic heterocycles. The topological polar surface area (TPSA) is 78.9 Å². The van der Waals surface area contributed by atoms with Gasteiger partial charge >= 0.3 is 17.9 Å². The van der Waals surface area contributed by atoms with Crippen LogP contribution in [0.4, 0.5) is 0 Å². The molecule has 1 atom stereocenters. The van der Waals surface area contributed by atoms with Crippen LogP contribution in [0.5, 0.6) is 0 Å². The van der Waals surface area contributed by atoms with Gasteiger partial charge in [0.1, 0.15) is 13.2 Å². The molecule has 0 aromatic carbocycles. The molecule has 0 rings (SSSR count). The average Bonchev–Trinajstić information content (AvgIpc) is 3.31. The summed E-state index contributed by atoms with van der Waals surface area (Å²) in [6, 6.07) is 0. The van der Waals surface area contributed by atoms with Crippen molar-refractivity contribution < 1.29 is 28.6 Å². The van der Waals surface area contributed by atoms with Crippen LogP contribution >= 0.6 is 0 Å². The average molecular weight is 907 g/mol. The molecule has 0 heterocycles. The van der Waals surface area contributed by atoms with Crippen molar-refractivity contribution in [1.29, 1.82) is 0 Å². The van der Waals surface area contributed by atoms with Gasteiger partial charge in [-0.2, -0.15) is 0 Å². The first-order chi connectivity index (χ1) is 32.5. The summed E-state index contributed by atoms with van der Waals surface area (Å²) in [5.41, 5.74) is 0. The van der Waals surface area contributed by atoms with Gasteiger partial charge in [-0.15, -0.1) is 0 Å². The quantitative estimate of drug-likeness (QED) is 0.0199. The lowest BCUT2D eigenvalue weighted by molar-refractivity contribution is -0.167. The van der Waals surface area contributed by atoms with Gasteiger partial charge in [-0.3, -0.25) is 14.4 Å². The van der Waals surface area contributed by atoms with Crippen LogP contribution in [0.25, 0.3) is 0 Å². The van der Waals surface area contributed by atoms with E-state index in [2.05, 4.69) is 106 Å². The first-order valence-corrected chi connectivity index (χ1v) is 25.6. The normalized spacial score (nSPS) is 13.4. The zero-order valence-corrected chi connectivity index (χ0v) is 41.6. The number of hydrogen-bond donors (Lipinski definition) is 0. The van der Waals surface area contributed by atoms with Crippen molar-refractivity contribution in [2.24, 2.45) is 0 Å². The van der Waals surface area contributed by atoms with E-state index in [0.29, 0.717) is 12.8 Å². The molecule has 0 saturated carbocycles. The van der Waals surface area contributed by atoms with Gasteiger partial charge in [-0.1, -0.05) is 230 Å². The van der Waals surface area contributed by atoms with Crippen molar-refractivity contribution in [2.45, 2.75) is 187 Å². The Morgan fingerprint density at radius 3 is 1.09 bits per heavy atom. The van der Waals surface area contributed by atoms with Gasteiger partial charge in [0.05, 0.1) is 0 Å². The fourth-order valence-electron chi connectivity index (χ4n) is 6.16. The molecule has 0 radical (unpaired) electrons. The fourth-order valence-corrected chi connectivity index (χ4v) is 6.16. The summed E-state index contributed by atoms with van der Waals surface area (Å²) in [6.45, 7) is 6.23. The zero-order chi connectivity index (χ0) is 47.9. The number of rotatable bonds is 43. The largest absolute Gasteiger partial charge is 0.462 e. The van der Waals surface area contributed by atoms with Crippen LogP contribution in [0.2, 0.25) is 0 Å². The van der Waals surface area contributed by atoms with Gasteiger partial charge in [0.25, 0.3) is 0 Å². The minimum Gasteiger partial charge on any atom is -0.462 e. The SMILES string of the molecule is CC/C=C\C/C=C\C/C=C\CCCCC(=O)OCC(COC(=O)CCCCCCC\C=C/C=C\C=C/C=C\C=C/CCC)OC(=O)CCCCCCC\C=C/C=C\C=C/C=C\C=C/CCC. The molecule has 0 aliphatic rings. The molecule has 0 spiro atoms. The Labute approximate surface area is 403 Å². The number of unbranched alkanes of at least 4 members (excludes halogenated alkanes) is 14. The standard InChI is InChI=1S/C60H90O6/c1-4-7-10-13-16-19-22-25-27-29-31-33-35-38-41-44-47-50-53-59(62)65-56-57(55-64-58(61)52-49-46-43-40-37-24-21-18-15-12-9-6-3)66-60(63)54-51-48-45-42-39-36-34-32-30-28-26-23-20-17-14-11-8-5-2/h9-14,16-23,25-34,37,40,57H,4-8,15,24,35-36,38-39,41-56H2,1-3H3/b12-9-,13-10-,14-11-,19-16-,20-17-,21-18-,25-22-,26-23-,29-27-,30-28-,33-31-,34-32-,40-37-. The molecule has 0 N–H and O–H groups in total. The maximum absolute atomic E-state index is 12.8. The number of carbonyl (C=O) groups is 3. The monoisotopic (exact) mass is 907 g/mol. The summed E-state index contributed by atoms with van der Waals surface area (Å²) in [6.07, 6.45) is 76.4. The van der Waals surface area contributed by atoms with E-state index in [1.54, 1.807) is 0 Å². The third-order valence-electron chi connectivity index (χ3n) is 9.95.